The van der Waals surface area contributed by atoms with Crippen LogP contribution in [-0.2, 0) is 6.42 Å². The summed E-state index contributed by atoms with van der Waals surface area (Å²) in [5, 5.41) is 9.27. The summed E-state index contributed by atoms with van der Waals surface area (Å²) in [6.07, 6.45) is 8.94. The zero-order chi connectivity index (χ0) is 10.7. The second-order valence-electron chi connectivity index (χ2n) is 4.29. The molecule has 2 rings (SSSR count). The van der Waals surface area contributed by atoms with E-state index in [1.165, 1.54) is 12.8 Å². The van der Waals surface area contributed by atoms with Crippen LogP contribution in [0.3, 0.4) is 0 Å². The van der Waals surface area contributed by atoms with E-state index in [-0.39, 0.29) is 5.41 Å². The number of nitrogens with zero attached hydrogens (tertiary/aromatic N) is 2. The summed E-state index contributed by atoms with van der Waals surface area (Å²) in [5.74, 6) is 0. The van der Waals surface area contributed by atoms with Crippen LogP contribution in [0.1, 0.15) is 31.2 Å². The number of pyridine rings is 1. The summed E-state index contributed by atoms with van der Waals surface area (Å²) < 4.78 is 0.992. The second-order valence-corrected chi connectivity index (χ2v) is 5.20. The molecule has 0 unspecified atom stereocenters. The number of hydrogen-bond donors (Lipinski definition) is 0. The Bertz CT molecular complexity index is 389. The van der Waals surface area contributed by atoms with E-state index >= 15 is 0 Å². The Morgan fingerprint density at radius 1 is 1.40 bits per heavy atom. The molecule has 1 heterocycles. The van der Waals surface area contributed by atoms with E-state index in [1.807, 2.05) is 6.20 Å². The predicted octanol–water partition coefficient (Wildman–Crippen LogP) is 3.47. The van der Waals surface area contributed by atoms with Gasteiger partial charge in [0, 0.05) is 16.9 Å². The lowest BCUT2D eigenvalue weighted by Crippen LogP contribution is -2.17. The molecule has 0 spiro atoms. The summed E-state index contributed by atoms with van der Waals surface area (Å²) in [7, 11) is 0. The molecule has 1 aliphatic carbocycles. The zero-order valence-electron chi connectivity index (χ0n) is 8.54. The Morgan fingerprint density at radius 3 is 2.73 bits per heavy atom. The average molecular weight is 265 g/mol. The quantitative estimate of drug-likeness (QED) is 0.820. The fourth-order valence-electron chi connectivity index (χ4n) is 2.32. The van der Waals surface area contributed by atoms with Crippen molar-refractivity contribution < 1.29 is 0 Å². The van der Waals surface area contributed by atoms with Gasteiger partial charge in [-0.15, -0.1) is 0 Å². The maximum absolute atomic E-state index is 9.27. The summed E-state index contributed by atoms with van der Waals surface area (Å²) in [6, 6.07) is 4.56. The highest BCUT2D eigenvalue weighted by Gasteiger charge is 2.33. The van der Waals surface area contributed by atoms with Crippen molar-refractivity contribution in [1.29, 1.82) is 5.26 Å². The van der Waals surface area contributed by atoms with E-state index in [0.29, 0.717) is 0 Å². The Labute approximate surface area is 98.5 Å². The smallest absolute Gasteiger partial charge is 0.0693 e. The van der Waals surface area contributed by atoms with Crippen molar-refractivity contribution in [2.45, 2.75) is 32.1 Å². The molecule has 1 aliphatic rings. The molecule has 1 fully saturated rings. The molecular weight excluding hydrogens is 252 g/mol. The molecule has 0 amide bonds. The fourth-order valence-corrected chi connectivity index (χ4v) is 2.74. The van der Waals surface area contributed by atoms with Crippen LogP contribution in [0, 0.1) is 16.7 Å². The summed E-state index contributed by atoms with van der Waals surface area (Å²) in [4.78, 5) is 4.14. The minimum absolute atomic E-state index is 0.123. The molecular formula is C12H13BrN2. The molecule has 0 N–H and O–H groups in total. The van der Waals surface area contributed by atoms with Crippen LogP contribution in [0.2, 0.25) is 0 Å². The molecule has 78 valence electrons. The van der Waals surface area contributed by atoms with Crippen molar-refractivity contribution in [3.63, 3.8) is 0 Å². The SMILES string of the molecule is N#CC1(Cc2cncc(Br)c2)CCCC1. The van der Waals surface area contributed by atoms with Gasteiger partial charge in [-0.2, -0.15) is 5.26 Å². The van der Waals surface area contributed by atoms with Gasteiger partial charge in [0.05, 0.1) is 11.5 Å². The minimum Gasteiger partial charge on any atom is -0.263 e. The monoisotopic (exact) mass is 264 g/mol. The van der Waals surface area contributed by atoms with Gasteiger partial charge >= 0.3 is 0 Å². The van der Waals surface area contributed by atoms with Crippen molar-refractivity contribution in [3.05, 3.63) is 28.5 Å². The van der Waals surface area contributed by atoms with Gasteiger partial charge in [0.15, 0.2) is 0 Å². The summed E-state index contributed by atoms with van der Waals surface area (Å²) in [5.41, 5.74) is 1.04. The van der Waals surface area contributed by atoms with Crippen molar-refractivity contribution >= 4 is 15.9 Å². The van der Waals surface area contributed by atoms with E-state index < -0.39 is 0 Å². The Morgan fingerprint density at radius 2 is 2.13 bits per heavy atom. The largest absolute Gasteiger partial charge is 0.263 e. The molecule has 0 aliphatic heterocycles. The number of halogens is 1. The molecule has 0 radical (unpaired) electrons. The van der Waals surface area contributed by atoms with Crippen molar-refractivity contribution in [3.8, 4) is 6.07 Å². The molecule has 0 aromatic carbocycles. The van der Waals surface area contributed by atoms with Gasteiger partial charge in [-0.1, -0.05) is 12.8 Å². The van der Waals surface area contributed by atoms with Crippen LogP contribution in [0.25, 0.3) is 0 Å². The van der Waals surface area contributed by atoms with Crippen molar-refractivity contribution in [2.24, 2.45) is 5.41 Å². The molecule has 1 saturated carbocycles. The van der Waals surface area contributed by atoms with Gasteiger partial charge in [-0.05, 0) is 46.8 Å². The third kappa shape index (κ3) is 2.38. The molecule has 0 saturated heterocycles. The third-order valence-electron chi connectivity index (χ3n) is 3.10. The van der Waals surface area contributed by atoms with E-state index in [9.17, 15) is 5.26 Å². The van der Waals surface area contributed by atoms with E-state index in [1.54, 1.807) is 6.20 Å². The van der Waals surface area contributed by atoms with E-state index in [0.717, 1.165) is 29.3 Å². The first-order valence-corrected chi connectivity index (χ1v) is 6.04. The van der Waals surface area contributed by atoms with Crippen molar-refractivity contribution in [1.82, 2.24) is 4.98 Å². The van der Waals surface area contributed by atoms with Crippen molar-refractivity contribution in [2.75, 3.05) is 0 Å². The van der Waals surface area contributed by atoms with E-state index in [2.05, 4.69) is 33.0 Å². The number of hydrogen-bond acceptors (Lipinski definition) is 2. The zero-order valence-corrected chi connectivity index (χ0v) is 10.1. The average Bonchev–Trinajstić information content (AvgIpc) is 2.67. The standard InChI is InChI=1S/C12H13BrN2/c13-11-5-10(7-15-8-11)6-12(9-14)3-1-2-4-12/h5,7-8H,1-4,6H2. The van der Waals surface area contributed by atoms with Gasteiger partial charge in [0.25, 0.3) is 0 Å². The number of rotatable bonds is 2. The van der Waals surface area contributed by atoms with E-state index in [4.69, 9.17) is 0 Å². The van der Waals surface area contributed by atoms with Crippen LogP contribution >= 0.6 is 15.9 Å². The predicted molar refractivity (Wildman–Crippen MR) is 62.2 cm³/mol. The minimum atomic E-state index is -0.123. The van der Waals surface area contributed by atoms with Gasteiger partial charge in [0.2, 0.25) is 0 Å². The van der Waals surface area contributed by atoms with Gasteiger partial charge < -0.3 is 0 Å². The lowest BCUT2D eigenvalue weighted by Gasteiger charge is -2.19. The third-order valence-corrected chi connectivity index (χ3v) is 3.54. The van der Waals surface area contributed by atoms with Crippen LogP contribution < -0.4 is 0 Å². The molecule has 3 heteroatoms. The Hall–Kier alpha value is -0.880. The molecule has 0 atom stereocenters. The molecule has 1 aromatic rings. The lowest BCUT2D eigenvalue weighted by atomic mass is 9.82. The van der Waals surface area contributed by atoms with Gasteiger partial charge in [-0.25, -0.2) is 0 Å². The van der Waals surface area contributed by atoms with Gasteiger partial charge in [-0.3, -0.25) is 4.98 Å². The summed E-state index contributed by atoms with van der Waals surface area (Å²) >= 11 is 3.41. The molecule has 0 bridgehead atoms. The number of aromatic nitrogens is 1. The first-order valence-electron chi connectivity index (χ1n) is 5.25. The first-order chi connectivity index (χ1) is 7.24. The van der Waals surface area contributed by atoms with Crippen LogP contribution in [0.5, 0.6) is 0 Å². The number of nitriles is 1. The van der Waals surface area contributed by atoms with Crippen LogP contribution in [-0.4, -0.2) is 4.98 Å². The van der Waals surface area contributed by atoms with Gasteiger partial charge in [0.1, 0.15) is 0 Å². The topological polar surface area (TPSA) is 36.7 Å². The highest BCUT2D eigenvalue weighted by Crippen LogP contribution is 2.40. The highest BCUT2D eigenvalue weighted by molar-refractivity contribution is 9.10. The fraction of sp³-hybridized carbons (Fsp3) is 0.500. The second kappa shape index (κ2) is 4.32. The molecule has 15 heavy (non-hydrogen) atoms. The highest BCUT2D eigenvalue weighted by atomic mass is 79.9. The Kier molecular flexibility index (Phi) is 3.06. The summed E-state index contributed by atoms with van der Waals surface area (Å²) in [6.45, 7) is 0. The van der Waals surface area contributed by atoms with Crippen LogP contribution in [0.4, 0.5) is 0 Å². The maximum Gasteiger partial charge on any atom is 0.0693 e. The molecule has 1 aromatic heterocycles. The first kappa shape index (κ1) is 10.6. The lowest BCUT2D eigenvalue weighted by molar-refractivity contribution is 0.407. The van der Waals surface area contributed by atoms with Crippen LogP contribution in [0.15, 0.2) is 22.9 Å². The Balaban J connectivity index is 2.17. The maximum atomic E-state index is 9.27. The normalized spacial score (nSPS) is 18.7. The molecule has 2 nitrogen and oxygen atoms in total.